The van der Waals surface area contributed by atoms with Crippen molar-refractivity contribution in [2.45, 2.75) is 19.9 Å². The first-order chi connectivity index (χ1) is 13.8. The average Bonchev–Trinajstić information content (AvgIpc) is 2.69. The summed E-state index contributed by atoms with van der Waals surface area (Å²) < 4.78 is 28.2. The lowest BCUT2D eigenvalue weighted by molar-refractivity contribution is -0.117. The Balaban J connectivity index is 1.56. The number of H-pyrrole nitrogens is 1. The molecule has 0 atom stereocenters. The molecule has 3 aromatic rings. The minimum Gasteiger partial charge on any atom is -0.355 e. The van der Waals surface area contributed by atoms with Crippen LogP contribution in [0.2, 0.25) is 5.02 Å². The predicted molar refractivity (Wildman–Crippen MR) is 108 cm³/mol. The molecule has 0 bridgehead atoms. The van der Waals surface area contributed by atoms with Gasteiger partial charge in [-0.15, -0.1) is 0 Å². The summed E-state index contributed by atoms with van der Waals surface area (Å²) in [5.74, 6) is -1.68. The van der Waals surface area contributed by atoms with Crippen LogP contribution in [0.5, 0.6) is 0 Å². The van der Waals surface area contributed by atoms with Crippen LogP contribution in [0.15, 0.2) is 35.1 Å². The Labute approximate surface area is 170 Å². The largest absolute Gasteiger partial charge is 0.355 e. The van der Waals surface area contributed by atoms with E-state index >= 15 is 0 Å². The van der Waals surface area contributed by atoms with Crippen LogP contribution in [0, 0.1) is 18.6 Å². The maximum absolute atomic E-state index is 14.1. The van der Waals surface area contributed by atoms with Crippen molar-refractivity contribution in [2.24, 2.45) is 0 Å². The fraction of sp³-hybridized carbons (Fsp3) is 0.238. The number of fused-ring (bicyclic) bond motifs is 2. The van der Waals surface area contributed by atoms with Crippen molar-refractivity contribution in [1.82, 2.24) is 9.88 Å². The first-order valence-electron chi connectivity index (χ1n) is 9.14. The Morgan fingerprint density at radius 2 is 2.00 bits per heavy atom. The molecule has 2 heterocycles. The van der Waals surface area contributed by atoms with E-state index in [1.165, 1.54) is 0 Å². The van der Waals surface area contributed by atoms with Crippen molar-refractivity contribution < 1.29 is 13.6 Å². The number of amides is 1. The van der Waals surface area contributed by atoms with E-state index in [1.54, 1.807) is 23.1 Å². The Bertz CT molecular complexity index is 1190. The van der Waals surface area contributed by atoms with Crippen LogP contribution in [0.1, 0.15) is 16.8 Å². The molecule has 1 amide bonds. The van der Waals surface area contributed by atoms with Gasteiger partial charge in [-0.2, -0.15) is 0 Å². The number of halogens is 3. The van der Waals surface area contributed by atoms with Gasteiger partial charge in [0.15, 0.2) is 5.43 Å². The molecular formula is C21H18ClF2N3O2. The quantitative estimate of drug-likeness (QED) is 0.682. The molecule has 0 aliphatic carbocycles. The number of hydrogen-bond acceptors (Lipinski definition) is 3. The van der Waals surface area contributed by atoms with Gasteiger partial charge in [0, 0.05) is 41.5 Å². The molecule has 0 radical (unpaired) electrons. The van der Waals surface area contributed by atoms with Crippen LogP contribution >= 0.6 is 11.6 Å². The zero-order chi connectivity index (χ0) is 20.7. The topological polar surface area (TPSA) is 65.2 Å². The molecule has 0 unspecified atom stereocenters. The van der Waals surface area contributed by atoms with Gasteiger partial charge >= 0.3 is 0 Å². The molecule has 0 spiro atoms. The van der Waals surface area contributed by atoms with Crippen molar-refractivity contribution >= 4 is 34.1 Å². The number of rotatable bonds is 3. The summed E-state index contributed by atoms with van der Waals surface area (Å²) in [6, 6.07) is 7.20. The highest BCUT2D eigenvalue weighted by Crippen LogP contribution is 2.24. The van der Waals surface area contributed by atoms with Gasteiger partial charge in [-0.05, 0) is 36.8 Å². The van der Waals surface area contributed by atoms with Crippen molar-refractivity contribution in [3.05, 3.63) is 74.0 Å². The van der Waals surface area contributed by atoms with Gasteiger partial charge in [0.1, 0.15) is 11.6 Å². The molecule has 0 saturated heterocycles. The first kappa shape index (κ1) is 19.5. The van der Waals surface area contributed by atoms with E-state index in [4.69, 9.17) is 11.6 Å². The summed E-state index contributed by atoms with van der Waals surface area (Å²) >= 11 is 6.08. The summed E-state index contributed by atoms with van der Waals surface area (Å²) in [5.41, 5.74) is 1.68. The SMILES string of the molecule is Cc1c(Cl)cccc1NC(=O)CN1CCc2[nH]c3c(F)ccc(F)c3c(=O)c2C1. The molecule has 2 aromatic carbocycles. The summed E-state index contributed by atoms with van der Waals surface area (Å²) in [6.07, 6.45) is 0.430. The average molecular weight is 418 g/mol. The van der Waals surface area contributed by atoms with Crippen molar-refractivity contribution in [2.75, 3.05) is 18.4 Å². The fourth-order valence-corrected chi connectivity index (χ4v) is 3.81. The van der Waals surface area contributed by atoms with Gasteiger partial charge in [0.25, 0.3) is 0 Å². The molecule has 0 fully saturated rings. The zero-order valence-electron chi connectivity index (χ0n) is 15.6. The van der Waals surface area contributed by atoms with Crippen LogP contribution in [-0.4, -0.2) is 28.9 Å². The molecule has 8 heteroatoms. The lowest BCUT2D eigenvalue weighted by Gasteiger charge is -2.28. The number of carbonyl (C=O) groups is 1. The summed E-state index contributed by atoms with van der Waals surface area (Å²) in [6.45, 7) is 2.56. The number of nitrogens with zero attached hydrogens (tertiary/aromatic N) is 1. The highest BCUT2D eigenvalue weighted by molar-refractivity contribution is 6.31. The van der Waals surface area contributed by atoms with E-state index in [0.717, 1.165) is 17.7 Å². The van der Waals surface area contributed by atoms with E-state index in [-0.39, 0.29) is 29.9 Å². The first-order valence-corrected chi connectivity index (χ1v) is 9.52. The van der Waals surface area contributed by atoms with Crippen molar-refractivity contribution in [3.8, 4) is 0 Å². The van der Waals surface area contributed by atoms with Gasteiger partial charge in [0.05, 0.1) is 17.4 Å². The zero-order valence-corrected chi connectivity index (χ0v) is 16.4. The monoisotopic (exact) mass is 417 g/mol. The molecule has 2 N–H and O–H groups in total. The molecule has 0 saturated carbocycles. The highest BCUT2D eigenvalue weighted by atomic mass is 35.5. The van der Waals surface area contributed by atoms with E-state index in [2.05, 4.69) is 10.3 Å². The molecule has 150 valence electrons. The van der Waals surface area contributed by atoms with Gasteiger partial charge in [-0.25, -0.2) is 8.78 Å². The second kappa shape index (κ2) is 7.57. The van der Waals surface area contributed by atoms with Gasteiger partial charge in [-0.1, -0.05) is 17.7 Å². The molecule has 5 nitrogen and oxygen atoms in total. The predicted octanol–water partition coefficient (Wildman–Crippen LogP) is 3.76. The molecule has 29 heavy (non-hydrogen) atoms. The Kier molecular flexibility index (Phi) is 5.10. The second-order valence-corrected chi connectivity index (χ2v) is 7.52. The molecular weight excluding hydrogens is 400 g/mol. The maximum atomic E-state index is 14.1. The van der Waals surface area contributed by atoms with Crippen LogP contribution in [0.4, 0.5) is 14.5 Å². The third-order valence-electron chi connectivity index (χ3n) is 5.21. The molecule has 1 aromatic heterocycles. The number of aromatic amines is 1. The number of anilines is 1. The fourth-order valence-electron chi connectivity index (χ4n) is 3.63. The second-order valence-electron chi connectivity index (χ2n) is 7.11. The lowest BCUT2D eigenvalue weighted by Crippen LogP contribution is -2.39. The van der Waals surface area contributed by atoms with Crippen LogP contribution in [-0.2, 0) is 17.8 Å². The normalized spacial score (nSPS) is 14.1. The molecule has 1 aliphatic rings. The van der Waals surface area contributed by atoms with Gasteiger partial charge in [-0.3, -0.25) is 14.5 Å². The maximum Gasteiger partial charge on any atom is 0.238 e. The minimum absolute atomic E-state index is 0.0640. The van der Waals surface area contributed by atoms with Crippen molar-refractivity contribution in [3.63, 3.8) is 0 Å². The Morgan fingerprint density at radius 1 is 1.24 bits per heavy atom. The standard InChI is InChI=1S/C21H18ClF2N3O2/c1-11-13(22)3-2-4-16(11)25-18(28)10-27-8-7-17-12(9-27)21(29)19-14(23)5-6-15(24)20(19)26-17/h2-6H,7-10H2,1H3,(H,25,28)(H,26,29). The third-order valence-corrected chi connectivity index (χ3v) is 5.62. The molecule has 1 aliphatic heterocycles. The van der Waals surface area contributed by atoms with Crippen LogP contribution < -0.4 is 10.7 Å². The number of pyridine rings is 1. The summed E-state index contributed by atoms with van der Waals surface area (Å²) in [7, 11) is 0. The Morgan fingerprint density at radius 3 is 2.79 bits per heavy atom. The number of nitrogens with one attached hydrogen (secondary N) is 2. The third kappa shape index (κ3) is 3.63. The van der Waals surface area contributed by atoms with Crippen molar-refractivity contribution in [1.29, 1.82) is 0 Å². The minimum atomic E-state index is -0.767. The van der Waals surface area contributed by atoms with E-state index < -0.39 is 17.1 Å². The van der Waals surface area contributed by atoms with Crippen LogP contribution in [0.25, 0.3) is 10.9 Å². The highest BCUT2D eigenvalue weighted by Gasteiger charge is 2.24. The number of aromatic nitrogens is 1. The van der Waals surface area contributed by atoms with E-state index in [1.807, 2.05) is 6.92 Å². The number of hydrogen-bond donors (Lipinski definition) is 2. The lowest BCUT2D eigenvalue weighted by atomic mass is 10.0. The summed E-state index contributed by atoms with van der Waals surface area (Å²) in [4.78, 5) is 29.9. The number of benzene rings is 2. The molecule has 4 rings (SSSR count). The smallest absolute Gasteiger partial charge is 0.238 e. The Hall–Kier alpha value is -2.77. The van der Waals surface area contributed by atoms with E-state index in [9.17, 15) is 18.4 Å². The van der Waals surface area contributed by atoms with Crippen LogP contribution in [0.3, 0.4) is 0 Å². The van der Waals surface area contributed by atoms with Gasteiger partial charge in [0.2, 0.25) is 5.91 Å². The van der Waals surface area contributed by atoms with E-state index in [0.29, 0.717) is 34.9 Å². The number of carbonyl (C=O) groups excluding carboxylic acids is 1. The summed E-state index contributed by atoms with van der Waals surface area (Å²) in [5, 5.41) is 3.09. The van der Waals surface area contributed by atoms with Gasteiger partial charge < -0.3 is 10.3 Å².